The highest BCUT2D eigenvalue weighted by atomic mass is 35.5. The molecule has 0 unspecified atom stereocenters. The Bertz CT molecular complexity index is 1480. The maximum atomic E-state index is 13.1. The van der Waals surface area contributed by atoms with Gasteiger partial charge in [0.15, 0.2) is 16.0 Å². The van der Waals surface area contributed by atoms with Crippen molar-refractivity contribution in [3.63, 3.8) is 0 Å². The van der Waals surface area contributed by atoms with Gasteiger partial charge in [0, 0.05) is 29.5 Å². The van der Waals surface area contributed by atoms with Crippen LogP contribution < -0.4 is 16.2 Å². The zero-order valence-electron chi connectivity index (χ0n) is 20.5. The van der Waals surface area contributed by atoms with Crippen molar-refractivity contribution in [3.8, 4) is 0 Å². The molecule has 2 aliphatic heterocycles. The van der Waals surface area contributed by atoms with Gasteiger partial charge in [0.05, 0.1) is 0 Å². The van der Waals surface area contributed by atoms with Crippen LogP contribution in [0, 0.1) is 0 Å². The van der Waals surface area contributed by atoms with E-state index in [0.29, 0.717) is 10.7 Å². The number of β-lactam (4-membered cyclic amide) rings is 1. The van der Waals surface area contributed by atoms with Crippen molar-refractivity contribution >= 4 is 81.2 Å². The summed E-state index contributed by atoms with van der Waals surface area (Å²) >= 11 is 8.91. The number of hydrogen-bond donors (Lipinski definition) is 3. The normalized spacial score (nSPS) is 18.5. The number of hydrogen-bond acceptors (Lipinski definition) is 14. The Hall–Kier alpha value is -3.68. The van der Waals surface area contributed by atoms with Crippen molar-refractivity contribution in [1.29, 1.82) is 0 Å². The zero-order chi connectivity index (χ0) is 29.0. The highest BCUT2D eigenvalue weighted by Crippen LogP contribution is 2.41. The number of halogens is 1. The Labute approximate surface area is 242 Å². The average Bonchev–Trinajstić information content (AvgIpc) is 3.38. The number of carboxylic acid groups (broad SMARTS) is 1. The molecule has 1 fully saturated rings. The Morgan fingerprint density at radius 2 is 2.10 bits per heavy atom. The number of ether oxygens (including phenoxy) is 1. The number of thioether (sulfide) groups is 2. The van der Waals surface area contributed by atoms with Gasteiger partial charge >= 0.3 is 6.16 Å². The monoisotopic (exact) mass is 630 g/mol. The molecule has 2 aliphatic rings. The maximum Gasteiger partial charge on any atom is 0.512 e. The molecule has 4 rings (SSSR count). The minimum absolute atomic E-state index is 0.0849. The second-order valence-electron chi connectivity index (χ2n) is 7.77. The fraction of sp³-hybridized carbons (Fsp3) is 0.350. The third kappa shape index (κ3) is 6.37. The van der Waals surface area contributed by atoms with Crippen LogP contribution in [-0.2, 0) is 31.0 Å². The second kappa shape index (κ2) is 12.7. The summed E-state index contributed by atoms with van der Waals surface area (Å²) in [4.78, 5) is 74.6. The van der Waals surface area contributed by atoms with Crippen LogP contribution in [0.5, 0.6) is 0 Å². The smallest absolute Gasteiger partial charge is 0.449 e. The number of thiazole rings is 1. The topological polar surface area (TPSA) is 207 Å². The van der Waals surface area contributed by atoms with E-state index in [9.17, 15) is 29.1 Å². The predicted molar refractivity (Wildman–Crippen MR) is 144 cm³/mol. The molecular formula is C20H19ClN8O8S3. The number of alkyl halides is 1. The first-order chi connectivity index (χ1) is 19.1. The van der Waals surface area contributed by atoms with Gasteiger partial charge < -0.3 is 25.3 Å². The summed E-state index contributed by atoms with van der Waals surface area (Å²) in [6.45, 7) is 0. The van der Waals surface area contributed by atoms with Crippen LogP contribution in [-0.4, -0.2) is 95.3 Å². The Morgan fingerprint density at radius 3 is 2.80 bits per heavy atom. The summed E-state index contributed by atoms with van der Waals surface area (Å²) in [6.07, 6.45) is -0.558. The fourth-order valence-corrected chi connectivity index (χ4v) is 6.61. The number of carbonyl (C=O) groups excluding carboxylic acids is 3. The van der Waals surface area contributed by atoms with Gasteiger partial charge in [-0.05, 0) is 0 Å². The Balaban J connectivity index is 1.49. The number of rotatable bonds is 10. The number of nitrogens with one attached hydrogen (secondary N) is 2. The molecule has 2 atom stereocenters. The van der Waals surface area contributed by atoms with Crippen molar-refractivity contribution in [2.24, 2.45) is 12.2 Å². The number of amides is 3. The number of carbonyl (C=O) groups is 4. The van der Waals surface area contributed by atoms with E-state index in [2.05, 4.69) is 30.9 Å². The largest absolute Gasteiger partial charge is 0.512 e. The molecular weight excluding hydrogens is 612 g/mol. The van der Waals surface area contributed by atoms with Gasteiger partial charge in [0.1, 0.15) is 36.3 Å². The summed E-state index contributed by atoms with van der Waals surface area (Å²) in [5.74, 6) is -1.91. The highest BCUT2D eigenvalue weighted by molar-refractivity contribution is 8.01. The molecule has 0 aromatic carbocycles. The summed E-state index contributed by atoms with van der Waals surface area (Å²) in [5, 5.41) is 23.2. The Kier molecular flexibility index (Phi) is 9.28. The summed E-state index contributed by atoms with van der Waals surface area (Å²) in [7, 11) is 2.82. The second-order valence-corrected chi connectivity index (χ2v) is 10.9. The molecule has 16 nitrogen and oxygen atoms in total. The van der Waals surface area contributed by atoms with E-state index in [1.165, 1.54) is 28.9 Å². The van der Waals surface area contributed by atoms with Crippen LogP contribution >= 0.6 is 46.5 Å². The maximum absolute atomic E-state index is 13.1. The number of aromatic nitrogens is 4. The first kappa shape index (κ1) is 29.3. The van der Waals surface area contributed by atoms with Crippen molar-refractivity contribution in [1.82, 2.24) is 30.0 Å². The van der Waals surface area contributed by atoms with E-state index < -0.39 is 40.9 Å². The van der Waals surface area contributed by atoms with Gasteiger partial charge in [0.2, 0.25) is 11.8 Å². The van der Waals surface area contributed by atoms with E-state index >= 15 is 0 Å². The average molecular weight is 631 g/mol. The van der Waals surface area contributed by atoms with Crippen molar-refractivity contribution < 1.29 is 33.9 Å². The van der Waals surface area contributed by atoms with Crippen molar-refractivity contribution in [2.75, 3.05) is 29.8 Å². The molecule has 40 heavy (non-hydrogen) atoms. The van der Waals surface area contributed by atoms with Crippen LogP contribution in [0.3, 0.4) is 0 Å². The van der Waals surface area contributed by atoms with Gasteiger partial charge in [-0.25, -0.2) is 14.5 Å². The third-order valence-corrected chi connectivity index (χ3v) is 8.62. The molecule has 1 saturated heterocycles. The standard InChI is InChI=1S/C20H19ClN8O8S3/c1-28-19(25-11(31)4-22-28)40-6-8-5-38-17-13(15(33)29(17)16(8)37-20(34)35)26-14(32)12(27-36-2)9-7-39-18(23-9)24-10(30)3-21/h4,7,13,17H,3,5-6H2,1-2H3,(H,26,32)(H,34,35)(H,23,24,30)/b27-12-/t13-,17-/m1/s1. The van der Waals surface area contributed by atoms with E-state index in [1.807, 2.05) is 0 Å². The lowest BCUT2D eigenvalue weighted by Gasteiger charge is -2.49. The SMILES string of the molecule is CO/N=C(\C(=O)N[C@@H]1C(=O)N2C(OC(=O)O)=C(CSc3nc(=O)cnn3C)CS[C@H]12)c1csc(NC(=O)CCl)n1. The molecule has 3 N–H and O–H groups in total. The fourth-order valence-electron chi connectivity index (χ4n) is 3.47. The molecule has 4 heterocycles. The summed E-state index contributed by atoms with van der Waals surface area (Å²) < 4.78 is 6.35. The lowest BCUT2D eigenvalue weighted by Crippen LogP contribution is -2.70. The molecule has 2 aromatic rings. The van der Waals surface area contributed by atoms with Gasteiger partial charge in [-0.15, -0.1) is 34.7 Å². The third-order valence-electron chi connectivity index (χ3n) is 5.18. The van der Waals surface area contributed by atoms with Crippen molar-refractivity contribution in [2.45, 2.75) is 16.6 Å². The van der Waals surface area contributed by atoms with Gasteiger partial charge in [-0.3, -0.25) is 24.1 Å². The lowest BCUT2D eigenvalue weighted by atomic mass is 10.1. The number of nitrogens with zero attached hydrogens (tertiary/aromatic N) is 6. The molecule has 0 bridgehead atoms. The summed E-state index contributed by atoms with van der Waals surface area (Å²) in [6, 6.07) is -1.03. The van der Waals surface area contributed by atoms with Crippen LogP contribution in [0.1, 0.15) is 5.69 Å². The van der Waals surface area contributed by atoms with Crippen LogP contribution in [0.4, 0.5) is 9.93 Å². The van der Waals surface area contributed by atoms with Gasteiger partial charge in [-0.2, -0.15) is 10.1 Å². The molecule has 0 aliphatic carbocycles. The highest BCUT2D eigenvalue weighted by Gasteiger charge is 2.54. The molecule has 2 aromatic heterocycles. The van der Waals surface area contributed by atoms with E-state index in [-0.39, 0.29) is 39.8 Å². The van der Waals surface area contributed by atoms with E-state index in [4.69, 9.17) is 21.2 Å². The van der Waals surface area contributed by atoms with Crippen LogP contribution in [0.15, 0.2) is 38.1 Å². The van der Waals surface area contributed by atoms with Gasteiger partial charge in [-0.1, -0.05) is 16.9 Å². The van der Waals surface area contributed by atoms with Crippen molar-refractivity contribution in [3.05, 3.63) is 39.1 Å². The molecule has 212 valence electrons. The lowest BCUT2D eigenvalue weighted by molar-refractivity contribution is -0.148. The van der Waals surface area contributed by atoms with E-state index in [1.54, 1.807) is 7.05 Å². The number of oxime groups is 1. The van der Waals surface area contributed by atoms with Gasteiger partial charge in [0.25, 0.3) is 17.4 Å². The summed E-state index contributed by atoms with van der Waals surface area (Å²) in [5.41, 5.74) is -0.222. The van der Waals surface area contributed by atoms with Crippen LogP contribution in [0.2, 0.25) is 0 Å². The number of aryl methyl sites for hydroxylation is 1. The molecule has 0 spiro atoms. The molecule has 0 radical (unpaired) electrons. The molecule has 0 saturated carbocycles. The molecule has 3 amide bonds. The number of fused-ring (bicyclic) bond motifs is 1. The quantitative estimate of drug-likeness (QED) is 0.0805. The number of anilines is 1. The first-order valence-electron chi connectivity index (χ1n) is 11.0. The predicted octanol–water partition coefficient (Wildman–Crippen LogP) is 0.258. The first-order valence-corrected chi connectivity index (χ1v) is 14.4. The van der Waals surface area contributed by atoms with Crippen LogP contribution in [0.25, 0.3) is 0 Å². The zero-order valence-corrected chi connectivity index (χ0v) is 23.7. The minimum Gasteiger partial charge on any atom is -0.449 e. The van der Waals surface area contributed by atoms with E-state index in [0.717, 1.165) is 34.2 Å². The molecule has 20 heteroatoms. The minimum atomic E-state index is -1.62. The Morgan fingerprint density at radius 1 is 1.32 bits per heavy atom.